The molecule has 2 aliphatic rings. The summed E-state index contributed by atoms with van der Waals surface area (Å²) in [6, 6.07) is 6.73. The van der Waals surface area contributed by atoms with Crippen molar-refractivity contribution in [3.8, 4) is 0 Å². The molecule has 1 saturated heterocycles. The number of aryl methyl sites for hydroxylation is 1. The Morgan fingerprint density at radius 2 is 1.64 bits per heavy atom. The van der Waals surface area contributed by atoms with E-state index in [4.69, 9.17) is 0 Å². The van der Waals surface area contributed by atoms with Crippen molar-refractivity contribution in [1.82, 2.24) is 19.8 Å². The van der Waals surface area contributed by atoms with Crippen molar-refractivity contribution in [2.24, 2.45) is 0 Å². The Balaban J connectivity index is 1.64. The zero-order valence-electron chi connectivity index (χ0n) is 13.9. The van der Waals surface area contributed by atoms with Gasteiger partial charge in [0.25, 0.3) is 0 Å². The van der Waals surface area contributed by atoms with E-state index in [1.807, 2.05) is 24.3 Å². The molecule has 7 nitrogen and oxygen atoms in total. The Labute approximate surface area is 144 Å². The van der Waals surface area contributed by atoms with E-state index in [9.17, 15) is 14.4 Å². The first-order valence-corrected chi connectivity index (χ1v) is 8.47. The number of hydrogen-bond acceptors (Lipinski definition) is 5. The average Bonchev–Trinajstić information content (AvgIpc) is 3.19. The van der Waals surface area contributed by atoms with Crippen LogP contribution in [-0.4, -0.2) is 43.7 Å². The summed E-state index contributed by atoms with van der Waals surface area (Å²) in [5.41, 5.74) is 2.63. The molecular weight excluding hydrogens is 320 g/mol. The highest BCUT2D eigenvalue weighted by atomic mass is 16.2. The summed E-state index contributed by atoms with van der Waals surface area (Å²) in [6.07, 6.45) is 3.50. The molecule has 2 aromatic rings. The van der Waals surface area contributed by atoms with Gasteiger partial charge in [-0.1, -0.05) is 25.0 Å². The number of aromatic nitrogens is 2. The van der Waals surface area contributed by atoms with Gasteiger partial charge < -0.3 is 0 Å². The van der Waals surface area contributed by atoms with E-state index < -0.39 is 17.8 Å². The molecule has 1 aromatic carbocycles. The topological polar surface area (TPSA) is 83.5 Å². The molecule has 0 spiro atoms. The molecule has 7 heteroatoms. The minimum Gasteiger partial charge on any atom is -0.263 e. The first kappa shape index (κ1) is 15.7. The smallest absolute Gasteiger partial charge is 0.263 e. The summed E-state index contributed by atoms with van der Waals surface area (Å²) in [5, 5.41) is 0. The van der Waals surface area contributed by atoms with Crippen LogP contribution < -0.4 is 0 Å². The van der Waals surface area contributed by atoms with Crippen LogP contribution in [0.3, 0.4) is 0 Å². The number of rotatable bonds is 3. The SMILES string of the molecule is Cc1nc2ccccc2nc1CN1C(=O)C(=O)N(C2CCCC2)C1=O. The fraction of sp³-hybridized carbons (Fsp3) is 0.389. The lowest BCUT2D eigenvalue weighted by molar-refractivity contribution is -0.144. The van der Waals surface area contributed by atoms with Crippen LogP contribution in [0.25, 0.3) is 11.0 Å². The molecule has 0 unspecified atom stereocenters. The Morgan fingerprint density at radius 1 is 1.00 bits per heavy atom. The van der Waals surface area contributed by atoms with Crippen LogP contribution >= 0.6 is 0 Å². The van der Waals surface area contributed by atoms with Gasteiger partial charge >= 0.3 is 17.8 Å². The molecule has 4 rings (SSSR count). The Hall–Kier alpha value is -2.83. The Morgan fingerprint density at radius 3 is 2.32 bits per heavy atom. The number of para-hydroxylation sites is 2. The lowest BCUT2D eigenvalue weighted by Gasteiger charge is -2.21. The van der Waals surface area contributed by atoms with E-state index in [0.717, 1.165) is 41.0 Å². The van der Waals surface area contributed by atoms with Crippen LogP contribution in [-0.2, 0) is 16.1 Å². The summed E-state index contributed by atoms with van der Waals surface area (Å²) >= 11 is 0. The fourth-order valence-corrected chi connectivity index (χ4v) is 3.57. The van der Waals surface area contributed by atoms with Crippen LogP contribution in [0.1, 0.15) is 37.1 Å². The highest BCUT2D eigenvalue weighted by Gasteiger charge is 2.48. The highest BCUT2D eigenvalue weighted by molar-refractivity contribution is 6.44. The third kappa shape index (κ3) is 2.56. The lowest BCUT2D eigenvalue weighted by Crippen LogP contribution is -2.39. The van der Waals surface area contributed by atoms with E-state index in [1.165, 1.54) is 0 Å². The molecular formula is C18H18N4O3. The summed E-state index contributed by atoms with van der Waals surface area (Å²) in [6.45, 7) is 1.76. The van der Waals surface area contributed by atoms with Gasteiger partial charge in [-0.3, -0.25) is 14.5 Å². The predicted molar refractivity (Wildman–Crippen MR) is 89.3 cm³/mol. The van der Waals surface area contributed by atoms with Crippen molar-refractivity contribution in [3.63, 3.8) is 0 Å². The van der Waals surface area contributed by atoms with Crippen molar-refractivity contribution in [3.05, 3.63) is 35.7 Å². The molecule has 0 N–H and O–H groups in total. The van der Waals surface area contributed by atoms with Crippen molar-refractivity contribution >= 4 is 28.9 Å². The van der Waals surface area contributed by atoms with Crippen molar-refractivity contribution in [1.29, 1.82) is 0 Å². The van der Waals surface area contributed by atoms with Crippen LogP contribution in [0.4, 0.5) is 4.79 Å². The van der Waals surface area contributed by atoms with Gasteiger partial charge in [-0.15, -0.1) is 0 Å². The Kier molecular flexibility index (Phi) is 3.71. The normalized spacial score (nSPS) is 18.8. The zero-order valence-corrected chi connectivity index (χ0v) is 13.9. The maximum absolute atomic E-state index is 12.7. The van der Waals surface area contributed by atoms with E-state index in [-0.39, 0.29) is 12.6 Å². The molecule has 25 heavy (non-hydrogen) atoms. The van der Waals surface area contributed by atoms with Crippen LogP contribution in [0.15, 0.2) is 24.3 Å². The van der Waals surface area contributed by atoms with E-state index in [1.54, 1.807) is 6.92 Å². The maximum atomic E-state index is 12.7. The fourth-order valence-electron chi connectivity index (χ4n) is 3.57. The molecule has 1 aliphatic heterocycles. The van der Waals surface area contributed by atoms with Gasteiger partial charge in [0.1, 0.15) is 0 Å². The van der Waals surface area contributed by atoms with Crippen LogP contribution in [0, 0.1) is 6.92 Å². The number of carbonyl (C=O) groups excluding carboxylic acids is 3. The number of imide groups is 2. The molecule has 1 saturated carbocycles. The second-order valence-electron chi connectivity index (χ2n) is 6.53. The maximum Gasteiger partial charge on any atom is 0.334 e. The zero-order chi connectivity index (χ0) is 17.6. The van der Waals surface area contributed by atoms with Gasteiger partial charge in [-0.2, -0.15) is 0 Å². The third-order valence-corrected chi connectivity index (χ3v) is 4.92. The standard InChI is InChI=1S/C18H18N4O3/c1-11-15(20-14-9-5-4-8-13(14)19-11)10-21-16(23)17(24)22(18(21)25)12-6-2-3-7-12/h4-5,8-9,12H,2-3,6-7,10H2,1H3. The van der Waals surface area contributed by atoms with E-state index in [0.29, 0.717) is 16.9 Å². The second kappa shape index (κ2) is 5.91. The number of fused-ring (bicyclic) bond motifs is 1. The monoisotopic (exact) mass is 338 g/mol. The van der Waals surface area contributed by atoms with Gasteiger partial charge in [0.2, 0.25) is 0 Å². The number of amides is 4. The minimum atomic E-state index is -0.772. The predicted octanol–water partition coefficient (Wildman–Crippen LogP) is 2.17. The Bertz CT molecular complexity index is 889. The van der Waals surface area contributed by atoms with Gasteiger partial charge in [-0.05, 0) is 31.9 Å². The van der Waals surface area contributed by atoms with Gasteiger partial charge in [-0.25, -0.2) is 19.7 Å². The third-order valence-electron chi connectivity index (χ3n) is 4.92. The van der Waals surface area contributed by atoms with Crippen molar-refractivity contribution in [2.75, 3.05) is 0 Å². The van der Waals surface area contributed by atoms with E-state index in [2.05, 4.69) is 9.97 Å². The summed E-state index contributed by atoms with van der Waals surface area (Å²) in [4.78, 5) is 48.4. The molecule has 0 atom stereocenters. The quantitative estimate of drug-likeness (QED) is 0.633. The lowest BCUT2D eigenvalue weighted by atomic mass is 10.2. The first-order chi connectivity index (χ1) is 12.1. The van der Waals surface area contributed by atoms with E-state index >= 15 is 0 Å². The molecule has 4 amide bonds. The average molecular weight is 338 g/mol. The van der Waals surface area contributed by atoms with Gasteiger partial charge in [0, 0.05) is 6.04 Å². The largest absolute Gasteiger partial charge is 0.334 e. The number of nitrogens with zero attached hydrogens (tertiary/aromatic N) is 4. The number of hydrogen-bond donors (Lipinski definition) is 0. The molecule has 1 aromatic heterocycles. The van der Waals surface area contributed by atoms with Crippen molar-refractivity contribution < 1.29 is 14.4 Å². The van der Waals surface area contributed by atoms with Gasteiger partial charge in [0.15, 0.2) is 0 Å². The highest BCUT2D eigenvalue weighted by Crippen LogP contribution is 2.28. The minimum absolute atomic E-state index is 0.0315. The summed E-state index contributed by atoms with van der Waals surface area (Å²) in [7, 11) is 0. The van der Waals surface area contributed by atoms with Crippen LogP contribution in [0.2, 0.25) is 0 Å². The second-order valence-corrected chi connectivity index (χ2v) is 6.53. The molecule has 1 aliphatic carbocycles. The summed E-state index contributed by atoms with van der Waals surface area (Å²) in [5.74, 6) is -1.49. The number of carbonyl (C=O) groups is 3. The van der Waals surface area contributed by atoms with Gasteiger partial charge in [0.05, 0.1) is 29.0 Å². The number of benzene rings is 1. The first-order valence-electron chi connectivity index (χ1n) is 8.47. The molecule has 128 valence electrons. The van der Waals surface area contributed by atoms with Crippen LogP contribution in [0.5, 0.6) is 0 Å². The molecule has 0 bridgehead atoms. The molecule has 2 heterocycles. The summed E-state index contributed by atoms with van der Waals surface area (Å²) < 4.78 is 0. The molecule has 0 radical (unpaired) electrons. The number of urea groups is 1. The van der Waals surface area contributed by atoms with Crippen molar-refractivity contribution in [2.45, 2.75) is 45.2 Å². The molecule has 2 fully saturated rings.